The number of thioether (sulfide) groups is 1. The number of imide groups is 1. The number of hydrogen-bond acceptors (Lipinski definition) is 5. The second kappa shape index (κ2) is 7.66. The maximum absolute atomic E-state index is 12.5. The van der Waals surface area contributed by atoms with Crippen LogP contribution in [0, 0.1) is 13.8 Å². The summed E-state index contributed by atoms with van der Waals surface area (Å²) in [7, 11) is 0. The van der Waals surface area contributed by atoms with Crippen LogP contribution in [-0.2, 0) is 4.79 Å². The van der Waals surface area contributed by atoms with Crippen LogP contribution < -0.4 is 4.74 Å². The molecule has 134 valence electrons. The first-order valence-electron chi connectivity index (χ1n) is 8.18. The fourth-order valence-electron chi connectivity index (χ4n) is 2.58. The van der Waals surface area contributed by atoms with Crippen LogP contribution in [-0.4, -0.2) is 34.3 Å². The van der Waals surface area contributed by atoms with Crippen LogP contribution in [0.15, 0.2) is 47.4 Å². The molecular weight excluding hydrogens is 350 g/mol. The largest absolute Gasteiger partial charge is 0.507 e. The van der Waals surface area contributed by atoms with E-state index in [4.69, 9.17) is 4.74 Å². The minimum absolute atomic E-state index is 0.0742. The summed E-state index contributed by atoms with van der Waals surface area (Å²) < 4.78 is 5.62. The summed E-state index contributed by atoms with van der Waals surface area (Å²) in [6, 6.07) is 12.7. The van der Waals surface area contributed by atoms with Gasteiger partial charge >= 0.3 is 0 Å². The first-order valence-corrected chi connectivity index (χ1v) is 9.00. The number of aromatic hydroxyl groups is 1. The van der Waals surface area contributed by atoms with Crippen molar-refractivity contribution in [3.63, 3.8) is 0 Å². The van der Waals surface area contributed by atoms with Crippen molar-refractivity contribution < 1.29 is 19.4 Å². The van der Waals surface area contributed by atoms with Gasteiger partial charge in [-0.1, -0.05) is 23.8 Å². The summed E-state index contributed by atoms with van der Waals surface area (Å²) in [4.78, 5) is 26.1. The van der Waals surface area contributed by atoms with Gasteiger partial charge in [-0.05, 0) is 61.5 Å². The van der Waals surface area contributed by atoms with Gasteiger partial charge < -0.3 is 9.84 Å². The molecule has 3 rings (SSSR count). The zero-order valence-electron chi connectivity index (χ0n) is 14.6. The van der Waals surface area contributed by atoms with Gasteiger partial charge in [0.15, 0.2) is 0 Å². The third-order valence-electron chi connectivity index (χ3n) is 3.92. The van der Waals surface area contributed by atoms with Crippen LogP contribution in [0.5, 0.6) is 11.5 Å². The van der Waals surface area contributed by atoms with E-state index in [1.807, 2.05) is 38.1 Å². The minimum atomic E-state index is -0.367. The fourth-order valence-corrected chi connectivity index (χ4v) is 3.44. The summed E-state index contributed by atoms with van der Waals surface area (Å²) in [5.74, 6) is 0.413. The molecule has 2 amide bonds. The number of carbonyl (C=O) groups excluding carboxylic acids is 2. The molecule has 0 aliphatic carbocycles. The maximum Gasteiger partial charge on any atom is 0.293 e. The standard InChI is InChI=1S/C20H19NO4S/c1-13-4-3-5-16(11-13)25-9-8-21-19(23)18(26-20(21)24)12-15-10-14(2)6-7-17(15)22/h3-7,10-12,22H,8-9H2,1-2H3/b18-12-. The van der Waals surface area contributed by atoms with Gasteiger partial charge in [0, 0.05) is 5.56 Å². The molecule has 5 nitrogen and oxygen atoms in total. The van der Waals surface area contributed by atoms with Gasteiger partial charge in [0.1, 0.15) is 18.1 Å². The van der Waals surface area contributed by atoms with Crippen LogP contribution in [0.2, 0.25) is 0 Å². The molecule has 26 heavy (non-hydrogen) atoms. The molecule has 0 aromatic heterocycles. The van der Waals surface area contributed by atoms with Crippen LogP contribution in [0.3, 0.4) is 0 Å². The molecular formula is C20H19NO4S. The van der Waals surface area contributed by atoms with Crippen molar-refractivity contribution in [2.75, 3.05) is 13.2 Å². The van der Waals surface area contributed by atoms with E-state index in [2.05, 4.69) is 0 Å². The van der Waals surface area contributed by atoms with Crippen LogP contribution in [0.1, 0.15) is 16.7 Å². The highest BCUT2D eigenvalue weighted by molar-refractivity contribution is 8.18. The molecule has 1 heterocycles. The number of ether oxygens (including phenoxy) is 1. The molecule has 0 atom stereocenters. The SMILES string of the molecule is Cc1cccc(OCCN2C(=O)S/C(=C\c3cc(C)ccc3O)C2=O)c1. The number of rotatable bonds is 5. The number of hydrogen-bond donors (Lipinski definition) is 1. The lowest BCUT2D eigenvalue weighted by molar-refractivity contribution is -0.123. The Bertz CT molecular complexity index is 891. The number of amides is 2. The number of phenols is 1. The monoisotopic (exact) mass is 369 g/mol. The van der Waals surface area contributed by atoms with E-state index in [9.17, 15) is 14.7 Å². The summed E-state index contributed by atoms with van der Waals surface area (Å²) in [5.41, 5.74) is 2.56. The van der Waals surface area contributed by atoms with Crippen LogP contribution in [0.4, 0.5) is 4.79 Å². The maximum atomic E-state index is 12.5. The molecule has 1 fully saturated rings. The molecule has 1 N–H and O–H groups in total. The number of aryl methyl sites for hydroxylation is 2. The summed E-state index contributed by atoms with van der Waals surface area (Å²) in [6.45, 7) is 4.26. The quantitative estimate of drug-likeness (QED) is 0.803. The van der Waals surface area contributed by atoms with Gasteiger partial charge in [0.2, 0.25) is 0 Å². The first-order chi connectivity index (χ1) is 12.4. The van der Waals surface area contributed by atoms with E-state index >= 15 is 0 Å². The third-order valence-corrected chi connectivity index (χ3v) is 4.82. The number of nitrogens with zero attached hydrogens (tertiary/aromatic N) is 1. The molecule has 1 saturated heterocycles. The van der Waals surface area contributed by atoms with Crippen LogP contribution in [0.25, 0.3) is 6.08 Å². The molecule has 2 aromatic carbocycles. The number of phenolic OH excluding ortho intramolecular Hbond substituents is 1. The van der Waals surface area contributed by atoms with Crippen molar-refractivity contribution in [3.05, 3.63) is 64.1 Å². The van der Waals surface area contributed by atoms with Crippen molar-refractivity contribution in [2.24, 2.45) is 0 Å². The summed E-state index contributed by atoms with van der Waals surface area (Å²) in [5, 5.41) is 9.59. The summed E-state index contributed by atoms with van der Waals surface area (Å²) >= 11 is 0.872. The van der Waals surface area contributed by atoms with Crippen molar-refractivity contribution in [3.8, 4) is 11.5 Å². The Morgan fingerprint density at radius 3 is 2.65 bits per heavy atom. The van der Waals surface area contributed by atoms with E-state index in [1.165, 1.54) is 4.90 Å². The molecule has 1 aliphatic heterocycles. The van der Waals surface area contributed by atoms with Crippen molar-refractivity contribution >= 4 is 29.0 Å². The van der Waals surface area contributed by atoms with E-state index in [0.29, 0.717) is 16.2 Å². The third kappa shape index (κ3) is 4.08. The highest BCUT2D eigenvalue weighted by atomic mass is 32.2. The molecule has 0 saturated carbocycles. The first kappa shape index (κ1) is 18.1. The Kier molecular flexibility index (Phi) is 5.32. The molecule has 0 unspecified atom stereocenters. The smallest absolute Gasteiger partial charge is 0.293 e. The van der Waals surface area contributed by atoms with E-state index < -0.39 is 0 Å². The van der Waals surface area contributed by atoms with Gasteiger partial charge in [0.05, 0.1) is 11.4 Å². The number of benzene rings is 2. The minimum Gasteiger partial charge on any atom is -0.507 e. The molecule has 2 aromatic rings. The Morgan fingerprint density at radius 1 is 1.12 bits per heavy atom. The summed E-state index contributed by atoms with van der Waals surface area (Å²) in [6.07, 6.45) is 1.55. The highest BCUT2D eigenvalue weighted by Gasteiger charge is 2.34. The zero-order chi connectivity index (χ0) is 18.7. The van der Waals surface area contributed by atoms with Crippen molar-refractivity contribution in [1.82, 2.24) is 4.90 Å². The average molecular weight is 369 g/mol. The molecule has 0 bridgehead atoms. The molecule has 1 aliphatic rings. The predicted molar refractivity (Wildman–Crippen MR) is 102 cm³/mol. The lowest BCUT2D eigenvalue weighted by atomic mass is 10.1. The lowest BCUT2D eigenvalue weighted by Crippen LogP contribution is -2.32. The van der Waals surface area contributed by atoms with Gasteiger partial charge in [-0.3, -0.25) is 14.5 Å². The topological polar surface area (TPSA) is 66.8 Å². The normalized spacial score (nSPS) is 15.8. The fraction of sp³-hybridized carbons (Fsp3) is 0.200. The average Bonchev–Trinajstić information content (AvgIpc) is 2.86. The molecule has 0 spiro atoms. The lowest BCUT2D eigenvalue weighted by Gasteiger charge is -2.13. The van der Waals surface area contributed by atoms with Crippen LogP contribution >= 0.6 is 11.8 Å². The Hall–Kier alpha value is -2.73. The van der Waals surface area contributed by atoms with Gasteiger partial charge in [-0.15, -0.1) is 0 Å². The van der Waals surface area contributed by atoms with Crippen molar-refractivity contribution in [1.29, 1.82) is 0 Å². The zero-order valence-corrected chi connectivity index (χ0v) is 15.4. The van der Waals surface area contributed by atoms with Gasteiger partial charge in [-0.25, -0.2) is 0 Å². The van der Waals surface area contributed by atoms with E-state index in [1.54, 1.807) is 24.3 Å². The second-order valence-electron chi connectivity index (χ2n) is 6.06. The molecule has 0 radical (unpaired) electrons. The highest BCUT2D eigenvalue weighted by Crippen LogP contribution is 2.33. The predicted octanol–water partition coefficient (Wildman–Crippen LogP) is 4.12. The Labute approximate surface area is 156 Å². The Morgan fingerprint density at radius 2 is 1.88 bits per heavy atom. The van der Waals surface area contributed by atoms with Gasteiger partial charge in [0.25, 0.3) is 11.1 Å². The Balaban J connectivity index is 1.67. The van der Waals surface area contributed by atoms with E-state index in [-0.39, 0.29) is 30.0 Å². The van der Waals surface area contributed by atoms with Gasteiger partial charge in [-0.2, -0.15) is 0 Å². The van der Waals surface area contributed by atoms with Crippen molar-refractivity contribution in [2.45, 2.75) is 13.8 Å². The second-order valence-corrected chi connectivity index (χ2v) is 7.05. The molecule has 6 heteroatoms. The van der Waals surface area contributed by atoms with E-state index in [0.717, 1.165) is 22.9 Å². The number of carbonyl (C=O) groups is 2.